The summed E-state index contributed by atoms with van der Waals surface area (Å²) in [5.74, 6) is 1.54. The summed E-state index contributed by atoms with van der Waals surface area (Å²) in [5.41, 5.74) is 0. The van der Waals surface area contributed by atoms with Crippen molar-refractivity contribution < 1.29 is 14.0 Å². The second-order valence-electron chi connectivity index (χ2n) is 6.90. The maximum absolute atomic E-state index is 12.4. The molecule has 2 aliphatic rings. The summed E-state index contributed by atoms with van der Waals surface area (Å²) in [6.45, 7) is 1.79. The number of carbonyl (C=O) groups excluding carboxylic acids is 2. The Morgan fingerprint density at radius 1 is 1.17 bits per heavy atom. The van der Waals surface area contributed by atoms with Crippen LogP contribution in [-0.4, -0.2) is 34.7 Å². The Bertz CT molecular complexity index is 512. The van der Waals surface area contributed by atoms with E-state index in [1.54, 1.807) is 0 Å². The van der Waals surface area contributed by atoms with Crippen LogP contribution in [0.4, 0.5) is 0 Å². The molecule has 5 heteroatoms. The lowest BCUT2D eigenvalue weighted by Gasteiger charge is -2.33. The lowest BCUT2D eigenvalue weighted by Crippen LogP contribution is -2.41. The van der Waals surface area contributed by atoms with E-state index in [1.165, 1.54) is 25.3 Å². The molecule has 0 aromatic carbocycles. The Balaban J connectivity index is 1.34. The molecule has 1 saturated carbocycles. The van der Waals surface area contributed by atoms with Crippen molar-refractivity contribution in [2.45, 2.75) is 57.8 Å². The quantitative estimate of drug-likeness (QED) is 0.754. The van der Waals surface area contributed by atoms with Crippen LogP contribution in [-0.2, 0) is 4.79 Å². The highest BCUT2D eigenvalue weighted by molar-refractivity contribution is 5.91. The van der Waals surface area contributed by atoms with Gasteiger partial charge in [-0.3, -0.25) is 9.59 Å². The minimum absolute atomic E-state index is 0.0103. The molecular weight excluding hydrogens is 292 g/mol. The third kappa shape index (κ3) is 4.21. The van der Waals surface area contributed by atoms with E-state index in [0.717, 1.165) is 51.6 Å². The molecule has 1 aliphatic heterocycles. The molecule has 23 heavy (non-hydrogen) atoms. The SMILES string of the molecule is O=C(CCCC1CCN(C(=O)C2CCCC2)CC1)c1ncco1. The van der Waals surface area contributed by atoms with Crippen molar-refractivity contribution in [3.63, 3.8) is 0 Å². The summed E-state index contributed by atoms with van der Waals surface area (Å²) < 4.78 is 5.02. The van der Waals surface area contributed by atoms with Crippen molar-refractivity contribution in [3.05, 3.63) is 18.4 Å². The molecule has 0 N–H and O–H groups in total. The van der Waals surface area contributed by atoms with Crippen LogP contribution in [0.2, 0.25) is 0 Å². The van der Waals surface area contributed by atoms with E-state index in [1.807, 2.05) is 0 Å². The van der Waals surface area contributed by atoms with Crippen molar-refractivity contribution in [3.8, 4) is 0 Å². The van der Waals surface area contributed by atoms with Crippen LogP contribution < -0.4 is 0 Å². The van der Waals surface area contributed by atoms with Gasteiger partial charge in [-0.15, -0.1) is 0 Å². The van der Waals surface area contributed by atoms with Gasteiger partial charge in [0.25, 0.3) is 5.89 Å². The average molecular weight is 318 g/mol. The zero-order valence-electron chi connectivity index (χ0n) is 13.7. The Kier molecular flexibility index (Phi) is 5.47. The monoisotopic (exact) mass is 318 g/mol. The Morgan fingerprint density at radius 3 is 2.57 bits per heavy atom. The fourth-order valence-electron chi connectivity index (χ4n) is 3.89. The number of hydrogen-bond donors (Lipinski definition) is 0. The molecule has 5 nitrogen and oxygen atoms in total. The molecule has 0 atom stereocenters. The van der Waals surface area contributed by atoms with Crippen LogP contribution >= 0.6 is 0 Å². The first-order valence-corrected chi connectivity index (χ1v) is 8.95. The Hall–Kier alpha value is -1.65. The molecule has 2 heterocycles. The zero-order valence-corrected chi connectivity index (χ0v) is 13.7. The van der Waals surface area contributed by atoms with E-state index in [2.05, 4.69) is 9.88 Å². The third-order valence-corrected chi connectivity index (χ3v) is 5.32. The van der Waals surface area contributed by atoms with Crippen molar-refractivity contribution in [1.82, 2.24) is 9.88 Å². The van der Waals surface area contributed by atoms with Crippen LogP contribution in [0.1, 0.15) is 68.5 Å². The summed E-state index contributed by atoms with van der Waals surface area (Å²) in [4.78, 5) is 30.2. The molecule has 1 amide bonds. The summed E-state index contributed by atoms with van der Waals surface area (Å²) in [6.07, 6.45) is 12.1. The van der Waals surface area contributed by atoms with Gasteiger partial charge in [0.15, 0.2) is 0 Å². The first-order chi connectivity index (χ1) is 11.2. The lowest BCUT2D eigenvalue weighted by molar-refractivity contribution is -0.136. The van der Waals surface area contributed by atoms with Gasteiger partial charge >= 0.3 is 0 Å². The molecule has 1 aromatic heterocycles. The summed E-state index contributed by atoms with van der Waals surface area (Å²) in [7, 11) is 0. The van der Waals surface area contributed by atoms with Gasteiger partial charge in [-0.2, -0.15) is 0 Å². The summed E-state index contributed by atoms with van der Waals surface area (Å²) >= 11 is 0. The lowest BCUT2D eigenvalue weighted by atomic mass is 9.90. The number of rotatable bonds is 6. The van der Waals surface area contributed by atoms with E-state index in [4.69, 9.17) is 4.42 Å². The highest BCUT2D eigenvalue weighted by atomic mass is 16.3. The van der Waals surface area contributed by atoms with E-state index < -0.39 is 0 Å². The second-order valence-corrected chi connectivity index (χ2v) is 6.90. The number of ketones is 1. The summed E-state index contributed by atoms with van der Waals surface area (Å²) in [6, 6.07) is 0. The van der Waals surface area contributed by atoms with Gasteiger partial charge < -0.3 is 9.32 Å². The van der Waals surface area contributed by atoms with Gasteiger partial charge in [-0.1, -0.05) is 12.8 Å². The molecule has 3 rings (SSSR count). The largest absolute Gasteiger partial charge is 0.442 e. The van der Waals surface area contributed by atoms with Crippen LogP contribution in [0.5, 0.6) is 0 Å². The molecule has 0 bridgehead atoms. The fourth-order valence-corrected chi connectivity index (χ4v) is 3.89. The van der Waals surface area contributed by atoms with E-state index in [9.17, 15) is 9.59 Å². The van der Waals surface area contributed by atoms with Crippen molar-refractivity contribution >= 4 is 11.7 Å². The number of oxazole rings is 1. The number of nitrogens with zero attached hydrogens (tertiary/aromatic N) is 2. The van der Waals surface area contributed by atoms with Crippen LogP contribution in [0.3, 0.4) is 0 Å². The first kappa shape index (κ1) is 16.2. The standard InChI is InChI=1S/C18H26N2O3/c21-16(17-19-10-13-23-17)7-3-4-14-8-11-20(12-9-14)18(22)15-5-1-2-6-15/h10,13-15H,1-9,11-12H2. The Morgan fingerprint density at radius 2 is 1.91 bits per heavy atom. The maximum atomic E-state index is 12.4. The predicted octanol–water partition coefficient (Wildman–Crippen LogP) is 3.46. The molecule has 2 fully saturated rings. The van der Waals surface area contributed by atoms with Gasteiger partial charge in [0.1, 0.15) is 6.26 Å². The van der Waals surface area contributed by atoms with Gasteiger partial charge in [0, 0.05) is 25.4 Å². The molecule has 1 saturated heterocycles. The van der Waals surface area contributed by atoms with Crippen LogP contribution in [0.25, 0.3) is 0 Å². The molecule has 126 valence electrons. The van der Waals surface area contributed by atoms with Gasteiger partial charge in [-0.05, 0) is 44.4 Å². The minimum atomic E-state index is -0.0103. The number of carbonyl (C=O) groups is 2. The molecule has 1 aromatic rings. The van der Waals surface area contributed by atoms with Crippen molar-refractivity contribution in [2.24, 2.45) is 11.8 Å². The van der Waals surface area contributed by atoms with Crippen molar-refractivity contribution in [1.29, 1.82) is 0 Å². The molecule has 0 spiro atoms. The number of likely N-dealkylation sites (tertiary alicyclic amines) is 1. The number of hydrogen-bond acceptors (Lipinski definition) is 4. The predicted molar refractivity (Wildman–Crippen MR) is 85.9 cm³/mol. The second kappa shape index (κ2) is 7.75. The molecule has 1 aliphatic carbocycles. The van der Waals surface area contributed by atoms with E-state index in [0.29, 0.717) is 24.2 Å². The highest BCUT2D eigenvalue weighted by Gasteiger charge is 2.29. The summed E-state index contributed by atoms with van der Waals surface area (Å²) in [5, 5.41) is 0. The van der Waals surface area contributed by atoms with Gasteiger partial charge in [-0.25, -0.2) is 4.98 Å². The van der Waals surface area contributed by atoms with Gasteiger partial charge in [0.05, 0.1) is 6.20 Å². The maximum Gasteiger partial charge on any atom is 0.263 e. The smallest absolute Gasteiger partial charge is 0.263 e. The number of amides is 1. The first-order valence-electron chi connectivity index (χ1n) is 8.95. The fraction of sp³-hybridized carbons (Fsp3) is 0.722. The molecule has 0 unspecified atom stereocenters. The Labute approximate surface area is 137 Å². The van der Waals surface area contributed by atoms with Gasteiger partial charge in [0.2, 0.25) is 11.7 Å². The minimum Gasteiger partial charge on any atom is -0.442 e. The normalized spacial score (nSPS) is 20.1. The zero-order chi connectivity index (χ0) is 16.1. The topological polar surface area (TPSA) is 63.4 Å². The van der Waals surface area contributed by atoms with Crippen molar-refractivity contribution in [2.75, 3.05) is 13.1 Å². The number of aromatic nitrogens is 1. The van der Waals surface area contributed by atoms with E-state index >= 15 is 0 Å². The highest BCUT2D eigenvalue weighted by Crippen LogP contribution is 2.29. The third-order valence-electron chi connectivity index (χ3n) is 5.32. The number of Topliss-reactive ketones (excluding diaryl/α,β-unsaturated/α-hetero) is 1. The van der Waals surface area contributed by atoms with E-state index in [-0.39, 0.29) is 11.7 Å². The van der Waals surface area contributed by atoms with Crippen LogP contribution in [0.15, 0.2) is 16.9 Å². The average Bonchev–Trinajstić information content (AvgIpc) is 3.28. The number of piperidine rings is 1. The van der Waals surface area contributed by atoms with Crippen LogP contribution in [0, 0.1) is 11.8 Å². The molecular formula is C18H26N2O3. The molecule has 0 radical (unpaired) electrons.